The molecule has 1 aliphatic carbocycles. The molecule has 1 aromatic carbocycles. The molecule has 1 aromatic rings. The third-order valence-electron chi connectivity index (χ3n) is 2.33. The first kappa shape index (κ1) is 12.7. The van der Waals surface area contributed by atoms with E-state index in [0.717, 1.165) is 6.42 Å². The van der Waals surface area contributed by atoms with Gasteiger partial charge in [0, 0.05) is 12.1 Å². The van der Waals surface area contributed by atoms with E-state index in [9.17, 15) is 0 Å². The molecule has 4 N–H and O–H groups in total. The maximum absolute atomic E-state index is 5.86. The van der Waals surface area contributed by atoms with Crippen molar-refractivity contribution in [3.63, 3.8) is 0 Å². The van der Waals surface area contributed by atoms with Gasteiger partial charge in [0.2, 0.25) is 0 Å². The van der Waals surface area contributed by atoms with E-state index in [1.54, 1.807) is 0 Å². The van der Waals surface area contributed by atoms with Crippen LogP contribution in [0.4, 0.5) is 0 Å². The lowest BCUT2D eigenvalue weighted by Gasteiger charge is -2.08. The first-order valence-corrected chi connectivity index (χ1v) is 3.88. The summed E-state index contributed by atoms with van der Waals surface area (Å²) in [5.41, 5.74) is 14.2. The second-order valence-electron chi connectivity index (χ2n) is 3.09. The summed E-state index contributed by atoms with van der Waals surface area (Å²) in [4.78, 5) is 0. The third-order valence-corrected chi connectivity index (χ3v) is 2.33. The summed E-state index contributed by atoms with van der Waals surface area (Å²) >= 11 is 0. The molecule has 0 radical (unpaired) electrons. The lowest BCUT2D eigenvalue weighted by atomic mass is 10.1. The quantitative estimate of drug-likeness (QED) is 0.695. The number of nitrogens with two attached hydrogens (primary N) is 2. The number of rotatable bonds is 0. The zero-order valence-corrected chi connectivity index (χ0v) is 8.78. The highest BCUT2D eigenvalue weighted by Crippen LogP contribution is 2.27. The summed E-state index contributed by atoms with van der Waals surface area (Å²) in [7, 11) is 0. The second kappa shape index (κ2) is 4.82. The normalized spacial score (nSPS) is 24.2. The van der Waals surface area contributed by atoms with Crippen LogP contribution < -0.4 is 11.5 Å². The Morgan fingerprint density at radius 1 is 1.08 bits per heavy atom. The molecule has 0 aromatic heterocycles. The first-order chi connectivity index (χ1) is 5.29. The standard InChI is InChI=1S/C9H12N2.2ClH/c10-8-5-6-3-1-2-4-7(6)9(8)11;;/h1-4,8-9H,5,10-11H2;2*1H/t8-,9+;;/m1../s1. The Labute approximate surface area is 90.5 Å². The number of halogens is 2. The number of fused-ring (bicyclic) bond motifs is 1. The van der Waals surface area contributed by atoms with E-state index in [4.69, 9.17) is 11.5 Å². The average molecular weight is 221 g/mol. The minimum Gasteiger partial charge on any atom is -0.326 e. The van der Waals surface area contributed by atoms with Crippen molar-refractivity contribution in [2.75, 3.05) is 0 Å². The predicted molar refractivity (Wildman–Crippen MR) is 59.5 cm³/mol. The Balaban J connectivity index is 0.000000720. The minimum atomic E-state index is 0. The molecule has 2 nitrogen and oxygen atoms in total. The number of hydrogen-bond acceptors (Lipinski definition) is 2. The Bertz CT molecular complexity index is 278. The fraction of sp³-hybridized carbons (Fsp3) is 0.333. The number of hydrogen-bond donors (Lipinski definition) is 2. The van der Waals surface area contributed by atoms with Gasteiger partial charge in [-0.25, -0.2) is 0 Å². The smallest absolute Gasteiger partial charge is 0.0454 e. The molecule has 0 saturated heterocycles. The molecule has 0 fully saturated rings. The maximum Gasteiger partial charge on any atom is 0.0454 e. The maximum atomic E-state index is 5.86. The van der Waals surface area contributed by atoms with Crippen LogP contribution in [0.25, 0.3) is 0 Å². The van der Waals surface area contributed by atoms with Crippen molar-refractivity contribution in [3.05, 3.63) is 35.4 Å². The molecule has 0 saturated carbocycles. The largest absolute Gasteiger partial charge is 0.326 e. The minimum absolute atomic E-state index is 0. The van der Waals surface area contributed by atoms with Crippen molar-refractivity contribution < 1.29 is 0 Å². The average Bonchev–Trinajstić information content (AvgIpc) is 2.30. The summed E-state index contributed by atoms with van der Waals surface area (Å²) in [6.07, 6.45) is 0.928. The van der Waals surface area contributed by atoms with Gasteiger partial charge in [-0.15, -0.1) is 24.8 Å². The number of benzene rings is 1. The van der Waals surface area contributed by atoms with Crippen LogP contribution in [-0.2, 0) is 6.42 Å². The van der Waals surface area contributed by atoms with Gasteiger partial charge >= 0.3 is 0 Å². The van der Waals surface area contributed by atoms with Crippen molar-refractivity contribution in [2.45, 2.75) is 18.5 Å². The van der Waals surface area contributed by atoms with Gasteiger partial charge in [0.05, 0.1) is 0 Å². The Kier molecular flexibility index (Phi) is 4.71. The van der Waals surface area contributed by atoms with Crippen molar-refractivity contribution in [1.29, 1.82) is 0 Å². The highest BCUT2D eigenvalue weighted by atomic mass is 35.5. The molecule has 4 heteroatoms. The van der Waals surface area contributed by atoms with Gasteiger partial charge in [0.1, 0.15) is 0 Å². The fourth-order valence-electron chi connectivity index (χ4n) is 1.66. The SMILES string of the molecule is Cl.Cl.N[C@@H]1Cc2ccccc2[C@@H]1N. The van der Waals surface area contributed by atoms with E-state index in [2.05, 4.69) is 12.1 Å². The lowest BCUT2D eigenvalue weighted by molar-refractivity contribution is 0.593. The first-order valence-electron chi connectivity index (χ1n) is 3.88. The molecule has 0 bridgehead atoms. The Morgan fingerprint density at radius 2 is 1.69 bits per heavy atom. The Morgan fingerprint density at radius 3 is 2.31 bits per heavy atom. The van der Waals surface area contributed by atoms with E-state index in [-0.39, 0.29) is 36.9 Å². The van der Waals surface area contributed by atoms with Crippen LogP contribution in [0.2, 0.25) is 0 Å². The zero-order chi connectivity index (χ0) is 7.84. The van der Waals surface area contributed by atoms with Crippen molar-refractivity contribution >= 4 is 24.8 Å². The summed E-state index contributed by atoms with van der Waals surface area (Å²) in [5, 5.41) is 0. The Hall–Kier alpha value is -0.280. The fourth-order valence-corrected chi connectivity index (χ4v) is 1.66. The summed E-state index contributed by atoms with van der Waals surface area (Å²) in [6, 6.07) is 8.37. The van der Waals surface area contributed by atoms with Crippen LogP contribution in [-0.4, -0.2) is 6.04 Å². The van der Waals surface area contributed by atoms with Crippen LogP contribution in [0.5, 0.6) is 0 Å². The van der Waals surface area contributed by atoms with Crippen LogP contribution in [0, 0.1) is 0 Å². The molecule has 0 aliphatic heterocycles. The van der Waals surface area contributed by atoms with E-state index in [1.807, 2.05) is 12.1 Å². The predicted octanol–water partition coefficient (Wildman–Crippen LogP) is 1.41. The van der Waals surface area contributed by atoms with Gasteiger partial charge in [0.25, 0.3) is 0 Å². The molecule has 0 heterocycles. The molecule has 2 atom stereocenters. The topological polar surface area (TPSA) is 52.0 Å². The van der Waals surface area contributed by atoms with E-state index in [1.165, 1.54) is 11.1 Å². The van der Waals surface area contributed by atoms with Gasteiger partial charge < -0.3 is 11.5 Å². The van der Waals surface area contributed by atoms with Gasteiger partial charge in [0.15, 0.2) is 0 Å². The molecule has 1 aliphatic rings. The molecule has 2 rings (SSSR count). The van der Waals surface area contributed by atoms with Gasteiger partial charge in [-0.05, 0) is 17.5 Å². The van der Waals surface area contributed by atoms with Crippen LogP contribution in [0.15, 0.2) is 24.3 Å². The second-order valence-corrected chi connectivity index (χ2v) is 3.09. The highest BCUT2D eigenvalue weighted by Gasteiger charge is 2.25. The summed E-state index contributed by atoms with van der Waals surface area (Å²) < 4.78 is 0. The van der Waals surface area contributed by atoms with Gasteiger partial charge in [-0.3, -0.25) is 0 Å². The summed E-state index contributed by atoms with van der Waals surface area (Å²) in [5.74, 6) is 0. The molecular weight excluding hydrogens is 207 g/mol. The van der Waals surface area contributed by atoms with E-state index in [0.29, 0.717) is 0 Å². The lowest BCUT2D eigenvalue weighted by Crippen LogP contribution is -2.30. The van der Waals surface area contributed by atoms with Crippen LogP contribution >= 0.6 is 24.8 Å². The molecular formula is C9H14Cl2N2. The van der Waals surface area contributed by atoms with Crippen molar-refractivity contribution in [2.24, 2.45) is 11.5 Å². The summed E-state index contributed by atoms with van der Waals surface area (Å²) in [6.45, 7) is 0. The zero-order valence-electron chi connectivity index (χ0n) is 7.14. The van der Waals surface area contributed by atoms with Crippen molar-refractivity contribution in [3.8, 4) is 0 Å². The third kappa shape index (κ3) is 2.15. The monoisotopic (exact) mass is 220 g/mol. The van der Waals surface area contributed by atoms with Crippen molar-refractivity contribution in [1.82, 2.24) is 0 Å². The molecule has 0 spiro atoms. The van der Waals surface area contributed by atoms with E-state index < -0.39 is 0 Å². The van der Waals surface area contributed by atoms with Gasteiger partial charge in [-0.1, -0.05) is 24.3 Å². The van der Waals surface area contributed by atoms with Crippen LogP contribution in [0.1, 0.15) is 17.2 Å². The molecule has 74 valence electrons. The van der Waals surface area contributed by atoms with E-state index >= 15 is 0 Å². The highest BCUT2D eigenvalue weighted by molar-refractivity contribution is 5.85. The van der Waals surface area contributed by atoms with Crippen LogP contribution in [0.3, 0.4) is 0 Å². The molecule has 0 unspecified atom stereocenters. The van der Waals surface area contributed by atoms with Gasteiger partial charge in [-0.2, -0.15) is 0 Å². The molecule has 13 heavy (non-hydrogen) atoms. The molecule has 0 amide bonds.